The molecule has 0 amide bonds. The Kier molecular flexibility index (Phi) is 7.64. The lowest BCUT2D eigenvalue weighted by Crippen LogP contribution is -2.40. The number of guanidine groups is 1. The molecule has 2 N–H and O–H groups in total. The predicted octanol–water partition coefficient (Wildman–Crippen LogP) is 2.35. The molecule has 1 aromatic heterocycles. The number of hydrogen-bond acceptors (Lipinski definition) is 4. The van der Waals surface area contributed by atoms with Gasteiger partial charge in [-0.15, -0.1) is 0 Å². The summed E-state index contributed by atoms with van der Waals surface area (Å²) >= 11 is 0. The van der Waals surface area contributed by atoms with Crippen molar-refractivity contribution in [3.8, 4) is 0 Å². The van der Waals surface area contributed by atoms with Gasteiger partial charge in [-0.05, 0) is 44.2 Å². The number of rotatable bonds is 8. The van der Waals surface area contributed by atoms with Crippen LogP contribution in [0.5, 0.6) is 0 Å². The highest BCUT2D eigenvalue weighted by atomic mass is 16.5. The van der Waals surface area contributed by atoms with E-state index in [0.29, 0.717) is 12.0 Å². The van der Waals surface area contributed by atoms with Crippen LogP contribution in [0.4, 0.5) is 0 Å². The molecule has 6 heteroatoms. The molecule has 140 valence electrons. The summed E-state index contributed by atoms with van der Waals surface area (Å²) in [5, 5.41) is 6.88. The highest BCUT2D eigenvalue weighted by Gasteiger charge is 2.16. The summed E-state index contributed by atoms with van der Waals surface area (Å²) < 4.78 is 16.6. The minimum absolute atomic E-state index is 0.397. The Morgan fingerprint density at radius 2 is 2.12 bits per heavy atom. The van der Waals surface area contributed by atoms with E-state index in [1.165, 1.54) is 19.3 Å². The first-order valence-electron chi connectivity index (χ1n) is 9.64. The zero-order valence-electron chi connectivity index (χ0n) is 15.0. The van der Waals surface area contributed by atoms with Crippen LogP contribution in [0.3, 0.4) is 0 Å². The molecule has 0 aliphatic carbocycles. The predicted molar refractivity (Wildman–Crippen MR) is 97.9 cm³/mol. The fraction of sp³-hybridized carbons (Fsp3) is 0.737. The van der Waals surface area contributed by atoms with Gasteiger partial charge in [0, 0.05) is 45.2 Å². The van der Waals surface area contributed by atoms with Crippen LogP contribution in [0, 0.1) is 5.92 Å². The summed E-state index contributed by atoms with van der Waals surface area (Å²) in [4.78, 5) is 4.75. The Bertz CT molecular complexity index is 492. The Labute approximate surface area is 150 Å². The van der Waals surface area contributed by atoms with Gasteiger partial charge in [-0.2, -0.15) is 0 Å². The second-order valence-electron chi connectivity index (χ2n) is 6.88. The third-order valence-electron chi connectivity index (χ3n) is 4.81. The van der Waals surface area contributed by atoms with Crippen molar-refractivity contribution >= 4 is 5.96 Å². The highest BCUT2D eigenvalue weighted by Crippen LogP contribution is 2.15. The second-order valence-corrected chi connectivity index (χ2v) is 6.88. The molecule has 0 radical (unpaired) electrons. The fourth-order valence-corrected chi connectivity index (χ4v) is 3.27. The SMILES string of the molecule is c1coc(CCNC(=NCC2CCOC2)NCCC2CCCCO2)c1. The fourth-order valence-electron chi connectivity index (χ4n) is 3.27. The van der Waals surface area contributed by atoms with Crippen LogP contribution >= 0.6 is 0 Å². The quantitative estimate of drug-likeness (QED) is 0.557. The number of aliphatic imine (C=N–C) groups is 1. The van der Waals surface area contributed by atoms with Crippen molar-refractivity contribution in [2.45, 2.75) is 44.6 Å². The molecule has 6 nitrogen and oxygen atoms in total. The number of nitrogens with one attached hydrogen (secondary N) is 2. The number of furan rings is 1. The zero-order valence-corrected chi connectivity index (χ0v) is 15.0. The van der Waals surface area contributed by atoms with Gasteiger partial charge in [0.15, 0.2) is 5.96 Å². The molecule has 0 aromatic carbocycles. The Balaban J connectivity index is 1.41. The Hall–Kier alpha value is -1.53. The van der Waals surface area contributed by atoms with Gasteiger partial charge in [-0.25, -0.2) is 0 Å². The van der Waals surface area contributed by atoms with E-state index in [0.717, 1.165) is 70.4 Å². The summed E-state index contributed by atoms with van der Waals surface area (Å²) in [6, 6.07) is 3.93. The van der Waals surface area contributed by atoms with Crippen LogP contribution in [-0.4, -0.2) is 51.5 Å². The van der Waals surface area contributed by atoms with Gasteiger partial charge in [0.05, 0.1) is 19.0 Å². The average Bonchev–Trinajstić information content (AvgIpc) is 3.34. The van der Waals surface area contributed by atoms with Gasteiger partial charge < -0.3 is 24.5 Å². The number of nitrogens with zero attached hydrogens (tertiary/aromatic N) is 1. The van der Waals surface area contributed by atoms with E-state index < -0.39 is 0 Å². The molecule has 2 fully saturated rings. The molecule has 2 aliphatic heterocycles. The van der Waals surface area contributed by atoms with E-state index in [2.05, 4.69) is 10.6 Å². The van der Waals surface area contributed by atoms with E-state index in [1.807, 2.05) is 12.1 Å². The van der Waals surface area contributed by atoms with Gasteiger partial charge in [0.25, 0.3) is 0 Å². The van der Waals surface area contributed by atoms with E-state index in [-0.39, 0.29) is 0 Å². The average molecular weight is 349 g/mol. The largest absolute Gasteiger partial charge is 0.469 e. The van der Waals surface area contributed by atoms with Gasteiger partial charge >= 0.3 is 0 Å². The van der Waals surface area contributed by atoms with Gasteiger partial charge in [0.1, 0.15) is 5.76 Å². The van der Waals surface area contributed by atoms with Crippen molar-refractivity contribution in [2.75, 3.05) is 39.5 Å². The second kappa shape index (κ2) is 10.5. The van der Waals surface area contributed by atoms with Gasteiger partial charge in [-0.1, -0.05) is 0 Å². The Morgan fingerprint density at radius 1 is 1.16 bits per heavy atom. The topological polar surface area (TPSA) is 68.0 Å². The molecule has 0 spiro atoms. The van der Waals surface area contributed by atoms with Crippen LogP contribution in [0.2, 0.25) is 0 Å². The molecule has 2 saturated heterocycles. The zero-order chi connectivity index (χ0) is 17.2. The first kappa shape index (κ1) is 18.3. The van der Waals surface area contributed by atoms with Gasteiger partial charge in [0.2, 0.25) is 0 Å². The van der Waals surface area contributed by atoms with Gasteiger partial charge in [-0.3, -0.25) is 4.99 Å². The molecule has 2 aliphatic rings. The maximum Gasteiger partial charge on any atom is 0.191 e. The first-order chi connectivity index (χ1) is 12.4. The maximum atomic E-state index is 5.80. The third kappa shape index (κ3) is 6.71. The maximum absolute atomic E-state index is 5.80. The summed E-state index contributed by atoms with van der Waals surface area (Å²) in [6.45, 7) is 5.12. The minimum atomic E-state index is 0.397. The summed E-state index contributed by atoms with van der Waals surface area (Å²) in [7, 11) is 0. The molecule has 25 heavy (non-hydrogen) atoms. The monoisotopic (exact) mass is 349 g/mol. The smallest absolute Gasteiger partial charge is 0.191 e. The molecule has 3 heterocycles. The minimum Gasteiger partial charge on any atom is -0.469 e. The van der Waals surface area contributed by atoms with Crippen molar-refractivity contribution < 1.29 is 13.9 Å². The van der Waals surface area contributed by atoms with E-state index >= 15 is 0 Å². The lowest BCUT2D eigenvalue weighted by molar-refractivity contribution is 0.0122. The highest BCUT2D eigenvalue weighted by molar-refractivity contribution is 5.79. The molecule has 2 unspecified atom stereocenters. The molecule has 2 atom stereocenters. The molecule has 3 rings (SSSR count). The van der Waals surface area contributed by atoms with Crippen LogP contribution in [0.25, 0.3) is 0 Å². The van der Waals surface area contributed by atoms with Crippen molar-refractivity contribution in [2.24, 2.45) is 10.9 Å². The van der Waals surface area contributed by atoms with E-state index in [4.69, 9.17) is 18.9 Å². The molecular formula is C19H31N3O3. The third-order valence-corrected chi connectivity index (χ3v) is 4.81. The summed E-state index contributed by atoms with van der Waals surface area (Å²) in [6.07, 6.45) is 8.78. The van der Waals surface area contributed by atoms with Crippen LogP contribution < -0.4 is 10.6 Å². The van der Waals surface area contributed by atoms with Crippen molar-refractivity contribution in [1.82, 2.24) is 10.6 Å². The lowest BCUT2D eigenvalue weighted by atomic mass is 10.1. The van der Waals surface area contributed by atoms with Crippen LogP contribution in [0.15, 0.2) is 27.8 Å². The molecule has 0 bridgehead atoms. The summed E-state index contributed by atoms with van der Waals surface area (Å²) in [5.74, 6) is 2.42. The number of ether oxygens (including phenoxy) is 2. The molecular weight excluding hydrogens is 318 g/mol. The van der Waals surface area contributed by atoms with E-state index in [9.17, 15) is 0 Å². The Morgan fingerprint density at radius 3 is 2.88 bits per heavy atom. The van der Waals surface area contributed by atoms with Crippen LogP contribution in [-0.2, 0) is 15.9 Å². The van der Waals surface area contributed by atoms with Crippen molar-refractivity contribution in [1.29, 1.82) is 0 Å². The number of hydrogen-bond donors (Lipinski definition) is 2. The molecule has 0 saturated carbocycles. The normalized spacial score (nSPS) is 24.4. The first-order valence-corrected chi connectivity index (χ1v) is 9.64. The van der Waals surface area contributed by atoms with Crippen molar-refractivity contribution in [3.05, 3.63) is 24.2 Å². The standard InChI is InChI=1S/C19H31N3O3/c1-2-11-24-17(4-1)6-9-20-19(22-14-16-8-13-23-15-16)21-10-7-18-5-3-12-25-18/h3,5,12,16-17H,1-2,4,6-11,13-15H2,(H2,20,21,22). The van der Waals surface area contributed by atoms with Crippen molar-refractivity contribution in [3.63, 3.8) is 0 Å². The van der Waals surface area contributed by atoms with E-state index in [1.54, 1.807) is 6.26 Å². The summed E-state index contributed by atoms with van der Waals surface area (Å²) in [5.41, 5.74) is 0. The van der Waals surface area contributed by atoms with Crippen LogP contribution in [0.1, 0.15) is 37.9 Å². The lowest BCUT2D eigenvalue weighted by Gasteiger charge is -2.23. The molecule has 1 aromatic rings.